The lowest BCUT2D eigenvalue weighted by Gasteiger charge is -2.16. The number of sulfone groups is 1. The molecule has 0 spiro atoms. The molecule has 0 saturated heterocycles. The summed E-state index contributed by atoms with van der Waals surface area (Å²) < 4.78 is 105. The topological polar surface area (TPSA) is 471 Å². The van der Waals surface area contributed by atoms with Gasteiger partial charge in [-0.25, -0.2) is 83.0 Å². The van der Waals surface area contributed by atoms with Gasteiger partial charge in [-0.2, -0.15) is 25.8 Å². The maximum absolute atomic E-state index is 12.7. The fourth-order valence-electron chi connectivity index (χ4n) is 14.5. The number of aromatic nitrogens is 19. The number of amides is 1. The number of nitrogens with zero attached hydrogens (tertiary/aromatic N) is 19. The molecule has 0 radical (unpaired) electrons. The number of H-pyrrole nitrogens is 1. The summed E-state index contributed by atoms with van der Waals surface area (Å²) in [6.07, 6.45) is 22.1. The quantitative estimate of drug-likeness (QED) is 0.0250. The van der Waals surface area contributed by atoms with Crippen LogP contribution in [0.15, 0.2) is 205 Å². The number of primary amides is 1. The maximum atomic E-state index is 12.7. The SMILES string of the molecule is C=CCS(=O)(=O)c1sc2nc(-c3nnco3)nc(-c3ccn[nH]3)c2c1C#N.C=S1CCCc2c1sc1nc(-c3ccc(C)s3)cc(OCCOC)c21.CCCCCS(=O)c1nc2ccc(-c3cccs3)nc2s1.CCCS(=O)c1nc2c(OC(N)=O)nc(C)nc2s1.O=S(CC1CC1)c1cc2c(-c3ncccn3)nc(-c3nccs3)nc2s1.O=S(c1cc2c(-c3ccccc3)cc(-c3ncco3)nc2s1)C1CC1. The van der Waals surface area contributed by atoms with Crippen LogP contribution in [0.25, 0.3) is 151 Å². The molecule has 732 valence electrons. The van der Waals surface area contributed by atoms with Crippen LogP contribution >= 0.6 is 113 Å². The summed E-state index contributed by atoms with van der Waals surface area (Å²) in [5.74, 6) is 11.0. The summed E-state index contributed by atoms with van der Waals surface area (Å²) in [6.45, 7) is 12.5. The molecule has 5 atom stereocenters. The van der Waals surface area contributed by atoms with Crippen LogP contribution in [0, 0.1) is 31.1 Å². The average molecular weight is 2190 g/mol. The number of pyridine rings is 3. The Morgan fingerprint density at radius 2 is 1.42 bits per heavy atom. The molecule has 2 saturated carbocycles. The van der Waals surface area contributed by atoms with Gasteiger partial charge in [-0.05, 0) is 160 Å². The normalized spacial score (nSPS) is 14.2. The van der Waals surface area contributed by atoms with Gasteiger partial charge in [-0.1, -0.05) is 97.7 Å². The molecule has 1 aromatic carbocycles. The molecule has 3 N–H and O–H groups in total. The number of unbranched alkanes of at least 4 members (excludes halogenated alkanes) is 2. The molecule has 2 fully saturated rings. The second-order valence-corrected chi connectivity index (χ2v) is 52.4. The van der Waals surface area contributed by atoms with Crippen molar-refractivity contribution in [2.45, 2.75) is 123 Å². The molecule has 19 aromatic heterocycles. The molecule has 33 nitrogen and oxygen atoms in total. The first-order valence-corrected chi connectivity index (χ1v) is 60.3. The minimum Gasteiger partial charge on any atom is -0.490 e. The Hall–Kier alpha value is -11.8. The van der Waals surface area contributed by atoms with E-state index < -0.39 is 59.1 Å². The molecular weight excluding hydrogens is 2110 g/mol. The number of aromatic amines is 1. The zero-order valence-electron chi connectivity index (χ0n) is 76.8. The molecule has 143 heavy (non-hydrogen) atoms. The number of oxazole rings is 1. The number of carbonyl (C=O) groups is 1. The number of hydrogen-bond acceptors (Lipinski definition) is 40. The van der Waals surface area contributed by atoms with Crippen LogP contribution < -0.4 is 15.2 Å². The Morgan fingerprint density at radius 1 is 0.650 bits per heavy atom. The Morgan fingerprint density at radius 3 is 2.13 bits per heavy atom. The van der Waals surface area contributed by atoms with E-state index >= 15 is 0 Å². The number of carbonyl (C=O) groups excluding carboxylic acids is 1. The predicted octanol–water partition coefficient (Wildman–Crippen LogP) is 22.1. The van der Waals surface area contributed by atoms with E-state index in [1.165, 1.54) is 119 Å². The van der Waals surface area contributed by atoms with E-state index in [1.807, 2.05) is 89.7 Å². The van der Waals surface area contributed by atoms with Crippen molar-refractivity contribution in [1.82, 2.24) is 95.2 Å². The van der Waals surface area contributed by atoms with E-state index in [-0.39, 0.29) is 43.6 Å². The third-order valence-electron chi connectivity index (χ3n) is 21.4. The first-order valence-electron chi connectivity index (χ1n) is 44.5. The number of methoxy groups -OCH3 is 1. The molecule has 20 aromatic rings. The molecule has 2 aliphatic carbocycles. The number of fused-ring (bicyclic) bond motifs is 8. The van der Waals surface area contributed by atoms with Gasteiger partial charge in [-0.3, -0.25) is 21.9 Å². The standard InChI is InChI=1S/C19H14N2O2S2.C19H21NO2S3.C17H13N5OS3.C15H9N7O3S2.C15H16N2OS3.C10H12N4O3S2/c22-25(13-6-7-13)17-11-15-14(12-4-2-1-3-5-12)10-16(21-19(15)24-17)18-20-8-9-23-18;1-12-6-7-16(23-12)14-11-15(22-9-8-21-2)17-13-5-4-10-25(3)19(13)24-18(17)20-14;23-26(9-10-2-3-10)12-8-11-13(14-18-4-1-5-19-14)21-15(22-16(11)25-12)17-20-6-7-24-17;1-2-5-27(23,24)15-8(6-16)10-11(9-3-4-17-21-9)19-12(20-14(10)26-15)13-22-18-7-25-13;1-2-3-4-10-21(18)15-17-12-8-7-11(16-14(12)20-15)13-6-5-9-19-13;1-3-4-19(16)10-14-6-7(17-9(11)15)12-5(2)13-8(6)18-10/h1-5,8-11,13H,6-7H2;6-7,11H,3-5,8-10H2,1-2H3;1,4-8,10H,2-3,9H2;2-4,7H,1,5H2,(H,17,21);5-9H,2-4,10H2,1H3;3-4H2,1-2H3,(H2,11,15). The Labute approximate surface area is 866 Å². The van der Waals surface area contributed by atoms with Crippen molar-refractivity contribution in [1.29, 1.82) is 5.26 Å². The van der Waals surface area contributed by atoms with Crippen LogP contribution in [0.1, 0.15) is 93.5 Å². The number of benzene rings is 1. The lowest BCUT2D eigenvalue weighted by Crippen LogP contribution is -2.17. The Kier molecular flexibility index (Phi) is 32.9. The van der Waals surface area contributed by atoms with E-state index in [0.717, 1.165) is 151 Å². The molecular formula is C95H85N21O12S15. The van der Waals surface area contributed by atoms with E-state index in [2.05, 4.69) is 148 Å². The maximum Gasteiger partial charge on any atom is 0.411 e. The highest BCUT2D eigenvalue weighted by molar-refractivity contribution is 8.15. The van der Waals surface area contributed by atoms with Gasteiger partial charge in [-0.15, -0.1) is 96.1 Å². The predicted molar refractivity (Wildman–Crippen MR) is 573 cm³/mol. The molecule has 5 unspecified atom stereocenters. The van der Waals surface area contributed by atoms with Gasteiger partial charge in [0.25, 0.3) is 11.8 Å². The molecule has 20 heterocycles. The van der Waals surface area contributed by atoms with E-state index in [4.69, 9.17) is 38.7 Å². The van der Waals surface area contributed by atoms with Gasteiger partial charge >= 0.3 is 6.09 Å². The third kappa shape index (κ3) is 24.1. The van der Waals surface area contributed by atoms with Crippen LogP contribution in [0.2, 0.25) is 0 Å². The molecule has 0 bridgehead atoms. The number of thiazole rings is 3. The summed E-state index contributed by atoms with van der Waals surface area (Å²) in [5.41, 5.74) is 13.8. The second kappa shape index (κ2) is 46.5. The van der Waals surface area contributed by atoms with Crippen molar-refractivity contribution in [3.8, 4) is 107 Å². The molecule has 1 amide bonds. The van der Waals surface area contributed by atoms with Gasteiger partial charge < -0.3 is 28.8 Å². The fourth-order valence-corrected chi connectivity index (χ4v) is 32.8. The van der Waals surface area contributed by atoms with E-state index in [1.54, 1.807) is 79.9 Å². The smallest absolute Gasteiger partial charge is 0.411 e. The van der Waals surface area contributed by atoms with Gasteiger partial charge in [0.2, 0.25) is 18.1 Å². The fraction of sp³-hybridized carbons (Fsp3) is 0.253. The van der Waals surface area contributed by atoms with Crippen LogP contribution in [0.5, 0.6) is 11.6 Å². The average Bonchev–Trinajstić information content (AvgIpc) is 1.64. The minimum absolute atomic E-state index is 0.00555. The number of rotatable bonds is 29. The summed E-state index contributed by atoms with van der Waals surface area (Å²) in [5, 5.41) is 32.1. The monoisotopic (exact) mass is 2190 g/mol. The number of nitrogens with two attached hydrogens (primary N) is 1. The number of thiophene rings is 6. The van der Waals surface area contributed by atoms with Crippen molar-refractivity contribution in [3.63, 3.8) is 0 Å². The summed E-state index contributed by atoms with van der Waals surface area (Å²) >= 11 is 13.3. The van der Waals surface area contributed by atoms with E-state index in [9.17, 15) is 35.3 Å². The highest BCUT2D eigenvalue weighted by atomic mass is 32.2. The number of nitriles is 1. The minimum atomic E-state index is -3.73. The van der Waals surface area contributed by atoms with Crippen LogP contribution in [0.4, 0.5) is 4.79 Å². The Bertz CT molecular complexity index is 8240. The first-order chi connectivity index (χ1) is 69.6. The van der Waals surface area contributed by atoms with Crippen LogP contribution in [0.3, 0.4) is 0 Å². The lowest BCUT2D eigenvalue weighted by atomic mass is 10.0. The summed E-state index contributed by atoms with van der Waals surface area (Å²) in [7, 11) is -6.03. The Balaban J connectivity index is 0.000000114. The van der Waals surface area contributed by atoms with Gasteiger partial charge in [0.05, 0.1) is 118 Å². The van der Waals surface area contributed by atoms with Crippen LogP contribution in [-0.4, -0.2) is 187 Å². The van der Waals surface area contributed by atoms with Crippen molar-refractivity contribution >= 4 is 239 Å². The molecule has 3 aliphatic rings. The number of nitrogens with one attached hydrogen (secondary N) is 1. The number of hydrogen-bond donors (Lipinski definition) is 2. The van der Waals surface area contributed by atoms with Crippen molar-refractivity contribution in [3.05, 3.63) is 192 Å². The zero-order chi connectivity index (χ0) is 99.4. The van der Waals surface area contributed by atoms with Crippen molar-refractivity contribution in [2.24, 2.45) is 11.7 Å². The van der Waals surface area contributed by atoms with Gasteiger partial charge in [0, 0.05) is 81.5 Å². The number of aryl methyl sites for hydroxylation is 3. The van der Waals surface area contributed by atoms with Crippen molar-refractivity contribution < 1.29 is 53.1 Å². The molecule has 23 rings (SSSR count). The van der Waals surface area contributed by atoms with Crippen molar-refractivity contribution in [2.75, 3.05) is 49.1 Å². The van der Waals surface area contributed by atoms with Crippen LogP contribution in [-0.2, 0) is 64.2 Å². The highest BCUT2D eigenvalue weighted by Gasteiger charge is 2.34. The molecule has 48 heteroatoms. The van der Waals surface area contributed by atoms with Gasteiger partial charge in [0.15, 0.2) is 45.5 Å². The highest BCUT2D eigenvalue weighted by Crippen LogP contribution is 2.50. The third-order valence-corrected chi connectivity index (χ3v) is 42.5. The van der Waals surface area contributed by atoms with E-state index in [0.29, 0.717) is 111 Å². The van der Waals surface area contributed by atoms with Gasteiger partial charge in [0.1, 0.15) is 81.5 Å². The summed E-state index contributed by atoms with van der Waals surface area (Å²) in [6, 6.07) is 36.0. The largest absolute Gasteiger partial charge is 0.490 e. The zero-order valence-corrected chi connectivity index (χ0v) is 89.0. The lowest BCUT2D eigenvalue weighted by molar-refractivity contribution is 0.147. The molecule has 1 aliphatic heterocycles. The first kappa shape index (κ1) is 101. The number of ether oxygens (including phenoxy) is 3. The summed E-state index contributed by atoms with van der Waals surface area (Å²) in [4.78, 5) is 85.4. The second-order valence-electron chi connectivity index (χ2n) is 31.8.